The number of phenols is 1. The molecule has 0 fully saturated rings. The number of para-hydroxylation sites is 1. The molecule has 0 atom stereocenters. The molecule has 31 heavy (non-hydrogen) atoms. The lowest BCUT2D eigenvalue weighted by molar-refractivity contribution is -0.118. The topological polar surface area (TPSA) is 91.1 Å². The molecule has 0 aliphatic heterocycles. The Bertz CT molecular complexity index is 894. The van der Waals surface area contributed by atoms with E-state index in [1.807, 2.05) is 19.0 Å². The van der Waals surface area contributed by atoms with Gasteiger partial charge in [-0.25, -0.2) is 5.84 Å². The van der Waals surface area contributed by atoms with Crippen LogP contribution in [0.2, 0.25) is 0 Å². The molecule has 0 aliphatic rings. The predicted molar refractivity (Wildman–Crippen MR) is 124 cm³/mol. The zero-order chi connectivity index (χ0) is 23.0. The summed E-state index contributed by atoms with van der Waals surface area (Å²) in [5.41, 5.74) is 5.57. The van der Waals surface area contributed by atoms with Crippen molar-refractivity contribution < 1.29 is 14.6 Å². The van der Waals surface area contributed by atoms with Crippen LogP contribution in [0.1, 0.15) is 36.5 Å². The molecule has 0 spiro atoms. The standard InChI is InChI=1S/C24H34N4O3/c1-17(2)19-11-9-18(10-12-19)16-27(3)13-14-28(4)21(24(30)26-25)15-20-7-6-8-22(31-5)23(20)29/h6-12,15,17,29H,13-14,16,25H2,1-5H3,(H,26,30)/b21-15+. The van der Waals surface area contributed by atoms with Gasteiger partial charge in [-0.15, -0.1) is 0 Å². The van der Waals surface area contributed by atoms with Crippen molar-refractivity contribution in [3.05, 3.63) is 64.9 Å². The Morgan fingerprint density at radius 3 is 2.42 bits per heavy atom. The number of hydrazine groups is 1. The van der Waals surface area contributed by atoms with Crippen molar-refractivity contribution in [2.45, 2.75) is 26.3 Å². The summed E-state index contributed by atoms with van der Waals surface area (Å²) >= 11 is 0. The molecule has 0 aromatic heterocycles. The van der Waals surface area contributed by atoms with E-state index in [2.05, 4.69) is 48.4 Å². The SMILES string of the molecule is COc1cccc(/C=C(\C(=O)NN)N(C)CCN(C)Cc2ccc(C(C)C)cc2)c1O. The van der Waals surface area contributed by atoms with E-state index in [1.165, 1.54) is 18.2 Å². The summed E-state index contributed by atoms with van der Waals surface area (Å²) in [6.07, 6.45) is 1.60. The second-order valence-electron chi connectivity index (χ2n) is 7.96. The third-order valence-corrected chi connectivity index (χ3v) is 5.23. The molecule has 7 heteroatoms. The number of hydrogen-bond acceptors (Lipinski definition) is 6. The van der Waals surface area contributed by atoms with E-state index in [0.717, 1.165) is 13.1 Å². The van der Waals surface area contributed by atoms with E-state index in [1.54, 1.807) is 24.3 Å². The number of hydrogen-bond donors (Lipinski definition) is 3. The molecular formula is C24H34N4O3. The van der Waals surface area contributed by atoms with Gasteiger partial charge in [-0.05, 0) is 36.2 Å². The summed E-state index contributed by atoms with van der Waals surface area (Å²) in [5, 5.41) is 10.4. The minimum absolute atomic E-state index is 0.0253. The third kappa shape index (κ3) is 6.73. The molecule has 0 unspecified atom stereocenters. The normalized spacial score (nSPS) is 11.7. The molecule has 7 nitrogen and oxygen atoms in total. The summed E-state index contributed by atoms with van der Waals surface area (Å²) in [4.78, 5) is 16.4. The average molecular weight is 427 g/mol. The number of carbonyl (C=O) groups is 1. The van der Waals surface area contributed by atoms with E-state index < -0.39 is 5.91 Å². The fourth-order valence-corrected chi connectivity index (χ4v) is 3.23. The van der Waals surface area contributed by atoms with E-state index in [-0.39, 0.29) is 5.75 Å². The maximum Gasteiger partial charge on any atom is 0.281 e. The quantitative estimate of drug-likeness (QED) is 0.234. The monoisotopic (exact) mass is 426 g/mol. The Balaban J connectivity index is 2.07. The first kappa shape index (κ1) is 24.2. The molecule has 168 valence electrons. The van der Waals surface area contributed by atoms with Crippen LogP contribution in [0, 0.1) is 0 Å². The zero-order valence-electron chi connectivity index (χ0n) is 19.1. The highest BCUT2D eigenvalue weighted by Crippen LogP contribution is 2.31. The van der Waals surface area contributed by atoms with Crippen LogP contribution < -0.4 is 16.0 Å². The minimum atomic E-state index is -0.434. The van der Waals surface area contributed by atoms with E-state index >= 15 is 0 Å². The lowest BCUT2D eigenvalue weighted by Gasteiger charge is -2.25. The van der Waals surface area contributed by atoms with Gasteiger partial charge >= 0.3 is 0 Å². The van der Waals surface area contributed by atoms with Crippen molar-refractivity contribution in [2.24, 2.45) is 5.84 Å². The maximum absolute atomic E-state index is 12.4. The number of phenolic OH excluding ortho intramolecular Hbond substituents is 1. The number of ether oxygens (including phenoxy) is 1. The number of likely N-dealkylation sites (N-methyl/N-ethyl adjacent to an activating group) is 2. The zero-order valence-corrected chi connectivity index (χ0v) is 19.1. The van der Waals surface area contributed by atoms with Crippen molar-refractivity contribution >= 4 is 12.0 Å². The van der Waals surface area contributed by atoms with Crippen molar-refractivity contribution in [3.8, 4) is 11.5 Å². The molecule has 2 rings (SSSR count). The number of nitrogens with zero attached hydrogens (tertiary/aromatic N) is 2. The largest absolute Gasteiger partial charge is 0.504 e. The van der Waals surface area contributed by atoms with Gasteiger partial charge in [-0.1, -0.05) is 50.2 Å². The molecule has 2 aromatic carbocycles. The van der Waals surface area contributed by atoms with Crippen molar-refractivity contribution in [1.29, 1.82) is 0 Å². The lowest BCUT2D eigenvalue weighted by Crippen LogP contribution is -2.39. The van der Waals surface area contributed by atoms with Crippen molar-refractivity contribution in [3.63, 3.8) is 0 Å². The van der Waals surface area contributed by atoms with Crippen LogP contribution in [-0.4, -0.2) is 55.1 Å². The number of aromatic hydroxyl groups is 1. The first-order valence-corrected chi connectivity index (χ1v) is 10.3. The van der Waals surface area contributed by atoms with Crippen LogP contribution in [0.3, 0.4) is 0 Å². The van der Waals surface area contributed by atoms with Gasteiger partial charge in [0.25, 0.3) is 5.91 Å². The van der Waals surface area contributed by atoms with Gasteiger partial charge in [0.05, 0.1) is 7.11 Å². The molecule has 0 radical (unpaired) electrons. The maximum atomic E-state index is 12.4. The van der Waals surface area contributed by atoms with Crippen LogP contribution in [-0.2, 0) is 11.3 Å². The van der Waals surface area contributed by atoms with Crippen LogP contribution in [0.5, 0.6) is 11.5 Å². The van der Waals surface area contributed by atoms with Gasteiger partial charge in [-0.2, -0.15) is 0 Å². The van der Waals surface area contributed by atoms with Crippen LogP contribution in [0.4, 0.5) is 0 Å². The van der Waals surface area contributed by atoms with Gasteiger partial charge < -0.3 is 19.6 Å². The summed E-state index contributed by atoms with van der Waals surface area (Å²) in [7, 11) is 5.35. The summed E-state index contributed by atoms with van der Waals surface area (Å²) < 4.78 is 5.15. The van der Waals surface area contributed by atoms with Crippen molar-refractivity contribution in [1.82, 2.24) is 15.2 Å². The Morgan fingerprint density at radius 1 is 1.16 bits per heavy atom. The summed E-state index contributed by atoms with van der Waals surface area (Å²) in [5.74, 6) is 5.78. The fourth-order valence-electron chi connectivity index (χ4n) is 3.23. The van der Waals surface area contributed by atoms with Gasteiger partial charge in [-0.3, -0.25) is 10.2 Å². The smallest absolute Gasteiger partial charge is 0.281 e. The Kier molecular flexibility index (Phi) is 8.90. The molecule has 1 amide bonds. The van der Waals surface area contributed by atoms with Gasteiger partial charge in [0.15, 0.2) is 11.5 Å². The van der Waals surface area contributed by atoms with Gasteiger partial charge in [0.1, 0.15) is 5.70 Å². The van der Waals surface area contributed by atoms with E-state index in [4.69, 9.17) is 10.6 Å². The van der Waals surface area contributed by atoms with Gasteiger partial charge in [0, 0.05) is 32.2 Å². The second kappa shape index (κ2) is 11.4. The van der Waals surface area contributed by atoms with Gasteiger partial charge in [0.2, 0.25) is 0 Å². The molecule has 2 aromatic rings. The molecule has 0 heterocycles. The fraction of sp³-hybridized carbons (Fsp3) is 0.375. The molecule has 4 N–H and O–H groups in total. The lowest BCUT2D eigenvalue weighted by atomic mass is 10.0. The first-order valence-electron chi connectivity index (χ1n) is 10.3. The number of carbonyl (C=O) groups excluding carboxylic acids is 1. The molecule has 0 saturated heterocycles. The first-order chi connectivity index (χ1) is 14.8. The van der Waals surface area contributed by atoms with Crippen LogP contribution in [0.15, 0.2) is 48.2 Å². The van der Waals surface area contributed by atoms with Crippen molar-refractivity contribution in [2.75, 3.05) is 34.3 Å². The highest BCUT2D eigenvalue weighted by Gasteiger charge is 2.16. The van der Waals surface area contributed by atoms with E-state index in [0.29, 0.717) is 29.5 Å². The number of amides is 1. The number of benzene rings is 2. The number of rotatable bonds is 10. The minimum Gasteiger partial charge on any atom is -0.504 e. The highest BCUT2D eigenvalue weighted by atomic mass is 16.5. The second-order valence-corrected chi connectivity index (χ2v) is 7.96. The molecule has 0 saturated carbocycles. The van der Waals surface area contributed by atoms with E-state index in [9.17, 15) is 9.90 Å². The molecular weight excluding hydrogens is 392 g/mol. The Labute approximate surface area is 185 Å². The Morgan fingerprint density at radius 2 is 1.84 bits per heavy atom. The molecule has 0 aliphatic carbocycles. The summed E-state index contributed by atoms with van der Waals surface area (Å²) in [6.45, 7) is 6.52. The Hall–Kier alpha value is -3.03. The number of methoxy groups -OCH3 is 1. The predicted octanol–water partition coefficient (Wildman–Crippen LogP) is 2.92. The third-order valence-electron chi connectivity index (χ3n) is 5.23. The number of nitrogens with one attached hydrogen (secondary N) is 1. The number of nitrogens with two attached hydrogens (primary N) is 1. The summed E-state index contributed by atoms with van der Waals surface area (Å²) in [6, 6.07) is 13.8. The molecule has 0 bridgehead atoms. The highest BCUT2D eigenvalue weighted by molar-refractivity contribution is 5.97. The van der Waals surface area contributed by atoms with Crippen LogP contribution >= 0.6 is 0 Å². The average Bonchev–Trinajstić information content (AvgIpc) is 2.76. The van der Waals surface area contributed by atoms with Crippen LogP contribution in [0.25, 0.3) is 6.08 Å².